The van der Waals surface area contributed by atoms with Crippen LogP contribution in [0.3, 0.4) is 0 Å². The standard InChI is InChI=1S/C13H11BrFNO/c1-8-4-3-5-11(13(8)15)17-12-7-6-10(14)9(2)16-12/h3-7H,1-2H3. The molecule has 2 aromatic rings. The summed E-state index contributed by atoms with van der Waals surface area (Å²) >= 11 is 3.35. The van der Waals surface area contributed by atoms with E-state index in [1.54, 1.807) is 31.2 Å². The predicted octanol–water partition coefficient (Wildman–Crippen LogP) is 4.39. The van der Waals surface area contributed by atoms with Crippen LogP contribution < -0.4 is 4.74 Å². The third kappa shape index (κ3) is 2.64. The first-order chi connectivity index (χ1) is 8.08. The average molecular weight is 296 g/mol. The summed E-state index contributed by atoms with van der Waals surface area (Å²) in [6.45, 7) is 3.55. The molecule has 0 N–H and O–H groups in total. The lowest BCUT2D eigenvalue weighted by molar-refractivity contribution is 0.424. The zero-order chi connectivity index (χ0) is 12.4. The first-order valence-corrected chi connectivity index (χ1v) is 5.93. The van der Waals surface area contributed by atoms with Crippen molar-refractivity contribution in [2.45, 2.75) is 13.8 Å². The van der Waals surface area contributed by atoms with Crippen molar-refractivity contribution in [3.05, 3.63) is 51.9 Å². The predicted molar refractivity (Wildman–Crippen MR) is 67.9 cm³/mol. The number of nitrogens with zero attached hydrogens (tertiary/aromatic N) is 1. The van der Waals surface area contributed by atoms with Gasteiger partial charge in [-0.3, -0.25) is 0 Å². The highest BCUT2D eigenvalue weighted by atomic mass is 79.9. The number of pyridine rings is 1. The van der Waals surface area contributed by atoms with Crippen molar-refractivity contribution < 1.29 is 9.13 Å². The summed E-state index contributed by atoms with van der Waals surface area (Å²) in [7, 11) is 0. The maximum absolute atomic E-state index is 13.7. The van der Waals surface area contributed by atoms with E-state index in [1.165, 1.54) is 0 Å². The summed E-state index contributed by atoms with van der Waals surface area (Å²) < 4.78 is 20.0. The lowest BCUT2D eigenvalue weighted by Gasteiger charge is -2.08. The summed E-state index contributed by atoms with van der Waals surface area (Å²) in [6.07, 6.45) is 0. The Morgan fingerprint density at radius 2 is 1.94 bits per heavy atom. The first-order valence-electron chi connectivity index (χ1n) is 5.14. The minimum atomic E-state index is -0.352. The van der Waals surface area contributed by atoms with Crippen molar-refractivity contribution in [3.63, 3.8) is 0 Å². The number of hydrogen-bond donors (Lipinski definition) is 0. The third-order valence-corrected chi connectivity index (χ3v) is 3.20. The fourth-order valence-electron chi connectivity index (χ4n) is 1.39. The molecule has 0 atom stereocenters. The summed E-state index contributed by atoms with van der Waals surface area (Å²) in [5.74, 6) is 0.226. The minimum Gasteiger partial charge on any atom is -0.436 e. The molecule has 0 saturated heterocycles. The van der Waals surface area contributed by atoms with Crippen molar-refractivity contribution in [1.82, 2.24) is 4.98 Å². The molecule has 4 heteroatoms. The smallest absolute Gasteiger partial charge is 0.219 e. The molecule has 0 amide bonds. The molecule has 2 rings (SSSR count). The van der Waals surface area contributed by atoms with Gasteiger partial charge < -0.3 is 4.74 Å². The Morgan fingerprint density at radius 1 is 1.18 bits per heavy atom. The molecular weight excluding hydrogens is 285 g/mol. The molecule has 0 unspecified atom stereocenters. The van der Waals surface area contributed by atoms with E-state index in [4.69, 9.17) is 4.74 Å². The number of halogens is 2. The zero-order valence-corrected chi connectivity index (χ0v) is 11.1. The largest absolute Gasteiger partial charge is 0.436 e. The average Bonchev–Trinajstić information content (AvgIpc) is 2.30. The van der Waals surface area contributed by atoms with Crippen LogP contribution in [0.15, 0.2) is 34.8 Å². The van der Waals surface area contributed by atoms with Crippen LogP contribution in [-0.4, -0.2) is 4.98 Å². The fraction of sp³-hybridized carbons (Fsp3) is 0.154. The van der Waals surface area contributed by atoms with Crippen LogP contribution >= 0.6 is 15.9 Å². The van der Waals surface area contributed by atoms with E-state index in [-0.39, 0.29) is 11.6 Å². The second kappa shape index (κ2) is 4.84. The van der Waals surface area contributed by atoms with Gasteiger partial charge in [-0.1, -0.05) is 12.1 Å². The van der Waals surface area contributed by atoms with E-state index in [0.29, 0.717) is 11.4 Å². The van der Waals surface area contributed by atoms with Crippen LogP contribution in [0.5, 0.6) is 11.6 Å². The zero-order valence-electron chi connectivity index (χ0n) is 9.50. The van der Waals surface area contributed by atoms with Gasteiger partial charge in [0.25, 0.3) is 0 Å². The van der Waals surface area contributed by atoms with Crippen LogP contribution in [-0.2, 0) is 0 Å². The van der Waals surface area contributed by atoms with E-state index >= 15 is 0 Å². The number of aromatic nitrogens is 1. The van der Waals surface area contributed by atoms with Crippen molar-refractivity contribution in [1.29, 1.82) is 0 Å². The lowest BCUT2D eigenvalue weighted by atomic mass is 10.2. The van der Waals surface area contributed by atoms with Gasteiger partial charge in [-0.15, -0.1) is 0 Å². The Balaban J connectivity index is 2.31. The van der Waals surface area contributed by atoms with E-state index in [9.17, 15) is 4.39 Å². The molecule has 0 fully saturated rings. The highest BCUT2D eigenvalue weighted by Crippen LogP contribution is 2.26. The number of hydrogen-bond acceptors (Lipinski definition) is 2. The Bertz CT molecular complexity index is 557. The topological polar surface area (TPSA) is 22.1 Å². The second-order valence-corrected chi connectivity index (χ2v) is 4.56. The van der Waals surface area contributed by atoms with Crippen molar-refractivity contribution in [2.24, 2.45) is 0 Å². The Morgan fingerprint density at radius 3 is 2.65 bits per heavy atom. The van der Waals surface area contributed by atoms with Gasteiger partial charge in [0.15, 0.2) is 11.6 Å². The second-order valence-electron chi connectivity index (χ2n) is 3.71. The van der Waals surface area contributed by atoms with Gasteiger partial charge in [0.1, 0.15) is 0 Å². The van der Waals surface area contributed by atoms with Gasteiger partial charge >= 0.3 is 0 Å². The van der Waals surface area contributed by atoms with Gasteiger partial charge in [0.05, 0.1) is 5.69 Å². The van der Waals surface area contributed by atoms with Crippen LogP contribution in [0.2, 0.25) is 0 Å². The molecule has 0 aliphatic carbocycles. The van der Waals surface area contributed by atoms with Gasteiger partial charge in [-0.05, 0) is 47.5 Å². The quantitative estimate of drug-likeness (QED) is 0.820. The summed E-state index contributed by atoms with van der Waals surface area (Å²) in [4.78, 5) is 4.20. The number of ether oxygens (including phenoxy) is 1. The van der Waals surface area contributed by atoms with E-state index in [1.807, 2.05) is 13.0 Å². The molecule has 0 spiro atoms. The summed E-state index contributed by atoms with van der Waals surface area (Å²) in [5.41, 5.74) is 1.35. The van der Waals surface area contributed by atoms with Crippen molar-refractivity contribution >= 4 is 15.9 Å². The number of benzene rings is 1. The van der Waals surface area contributed by atoms with Crippen molar-refractivity contribution in [2.75, 3.05) is 0 Å². The molecule has 0 bridgehead atoms. The molecule has 1 aromatic carbocycles. The maximum atomic E-state index is 13.7. The Labute approximate surface area is 108 Å². The Hall–Kier alpha value is -1.42. The molecule has 17 heavy (non-hydrogen) atoms. The van der Waals surface area contributed by atoms with E-state index in [0.717, 1.165) is 10.2 Å². The van der Waals surface area contributed by atoms with E-state index < -0.39 is 0 Å². The maximum Gasteiger partial charge on any atom is 0.219 e. The molecule has 0 aliphatic heterocycles. The molecular formula is C13H11BrFNO. The molecule has 0 aliphatic rings. The lowest BCUT2D eigenvalue weighted by Crippen LogP contribution is -1.94. The molecule has 1 aromatic heterocycles. The summed E-state index contributed by atoms with van der Waals surface area (Å²) in [5, 5.41) is 0. The first kappa shape index (κ1) is 12.0. The molecule has 0 saturated carbocycles. The molecule has 1 heterocycles. The van der Waals surface area contributed by atoms with Crippen LogP contribution in [0, 0.1) is 19.7 Å². The fourth-order valence-corrected chi connectivity index (χ4v) is 1.61. The number of aryl methyl sites for hydroxylation is 2. The summed E-state index contributed by atoms with van der Waals surface area (Å²) in [6, 6.07) is 8.55. The van der Waals surface area contributed by atoms with Crippen molar-refractivity contribution in [3.8, 4) is 11.6 Å². The van der Waals surface area contributed by atoms with Gasteiger partial charge in [-0.2, -0.15) is 0 Å². The SMILES string of the molecule is Cc1cccc(Oc2ccc(Br)c(C)n2)c1F. The van der Waals surface area contributed by atoms with Gasteiger partial charge in [-0.25, -0.2) is 9.37 Å². The number of rotatable bonds is 2. The van der Waals surface area contributed by atoms with Gasteiger partial charge in [0, 0.05) is 10.5 Å². The van der Waals surface area contributed by atoms with E-state index in [2.05, 4.69) is 20.9 Å². The van der Waals surface area contributed by atoms with Crippen LogP contribution in [0.1, 0.15) is 11.3 Å². The normalized spacial score (nSPS) is 10.4. The highest BCUT2D eigenvalue weighted by molar-refractivity contribution is 9.10. The minimum absolute atomic E-state index is 0.194. The highest BCUT2D eigenvalue weighted by Gasteiger charge is 2.08. The monoisotopic (exact) mass is 295 g/mol. The molecule has 0 radical (unpaired) electrons. The van der Waals surface area contributed by atoms with Gasteiger partial charge in [0.2, 0.25) is 5.88 Å². The Kier molecular flexibility index (Phi) is 3.43. The molecule has 88 valence electrons. The van der Waals surface area contributed by atoms with Crippen LogP contribution in [0.4, 0.5) is 4.39 Å². The third-order valence-electron chi connectivity index (χ3n) is 2.37. The molecule has 2 nitrogen and oxygen atoms in total. The van der Waals surface area contributed by atoms with Crippen LogP contribution in [0.25, 0.3) is 0 Å².